The second-order valence-corrected chi connectivity index (χ2v) is 7.30. The zero-order chi connectivity index (χ0) is 23.0. The summed E-state index contributed by atoms with van der Waals surface area (Å²) in [5.74, 6) is 3.20. The molecule has 1 aliphatic heterocycles. The van der Waals surface area contributed by atoms with Crippen LogP contribution in [0.4, 0.5) is 0 Å². The molecule has 0 saturated carbocycles. The molecule has 0 aliphatic carbocycles. The number of rotatable bonds is 9. The predicted octanol–water partition coefficient (Wildman–Crippen LogP) is 5.34. The number of para-hydroxylation sites is 2. The summed E-state index contributed by atoms with van der Waals surface area (Å²) in [5.41, 5.74) is 2.26. The molecule has 0 bridgehead atoms. The van der Waals surface area contributed by atoms with Gasteiger partial charge in [-0.15, -0.1) is 0 Å². The SMILES string of the molecule is CCOc1ccccc1OCc1cc(/C=C/C(=O)c2ccc3c(c2)OCCO3)ccc1OC. The average molecular weight is 446 g/mol. The lowest BCUT2D eigenvalue weighted by atomic mass is 10.1. The van der Waals surface area contributed by atoms with Crippen molar-refractivity contribution in [3.8, 4) is 28.7 Å². The molecule has 170 valence electrons. The first-order valence-corrected chi connectivity index (χ1v) is 10.8. The van der Waals surface area contributed by atoms with Crippen molar-refractivity contribution in [3.63, 3.8) is 0 Å². The maximum absolute atomic E-state index is 12.7. The molecule has 0 atom stereocenters. The lowest BCUT2D eigenvalue weighted by Gasteiger charge is -2.18. The van der Waals surface area contributed by atoms with Crippen LogP contribution in [0, 0.1) is 0 Å². The van der Waals surface area contributed by atoms with E-state index in [4.69, 9.17) is 23.7 Å². The molecule has 1 heterocycles. The Labute approximate surface area is 193 Å². The van der Waals surface area contributed by atoms with Crippen molar-refractivity contribution in [2.75, 3.05) is 26.9 Å². The van der Waals surface area contributed by atoms with E-state index in [2.05, 4.69) is 0 Å². The maximum atomic E-state index is 12.7. The molecule has 33 heavy (non-hydrogen) atoms. The van der Waals surface area contributed by atoms with E-state index in [9.17, 15) is 4.79 Å². The number of benzene rings is 3. The molecule has 0 radical (unpaired) electrons. The topological polar surface area (TPSA) is 63.2 Å². The fraction of sp³-hybridized carbons (Fsp3) is 0.222. The van der Waals surface area contributed by atoms with Crippen molar-refractivity contribution in [1.29, 1.82) is 0 Å². The summed E-state index contributed by atoms with van der Waals surface area (Å²) in [6, 6.07) is 18.5. The minimum Gasteiger partial charge on any atom is -0.496 e. The Balaban J connectivity index is 1.48. The van der Waals surface area contributed by atoms with Crippen molar-refractivity contribution in [1.82, 2.24) is 0 Å². The van der Waals surface area contributed by atoms with Crippen LogP contribution in [0.25, 0.3) is 6.08 Å². The number of fused-ring (bicyclic) bond motifs is 1. The maximum Gasteiger partial charge on any atom is 0.185 e. The highest BCUT2D eigenvalue weighted by Crippen LogP contribution is 2.31. The highest BCUT2D eigenvalue weighted by atomic mass is 16.6. The first-order chi connectivity index (χ1) is 16.2. The zero-order valence-corrected chi connectivity index (χ0v) is 18.7. The number of carbonyl (C=O) groups excluding carboxylic acids is 1. The van der Waals surface area contributed by atoms with Crippen LogP contribution in [-0.2, 0) is 6.61 Å². The minimum absolute atomic E-state index is 0.119. The van der Waals surface area contributed by atoms with Gasteiger partial charge in [-0.25, -0.2) is 0 Å². The van der Waals surface area contributed by atoms with Gasteiger partial charge in [0.2, 0.25) is 0 Å². The van der Waals surface area contributed by atoms with Gasteiger partial charge in [-0.2, -0.15) is 0 Å². The first kappa shape index (κ1) is 22.3. The number of ether oxygens (including phenoxy) is 5. The predicted molar refractivity (Wildman–Crippen MR) is 126 cm³/mol. The Morgan fingerprint density at radius 3 is 2.42 bits per heavy atom. The van der Waals surface area contributed by atoms with E-state index in [0.29, 0.717) is 60.7 Å². The van der Waals surface area contributed by atoms with Gasteiger partial charge in [0.25, 0.3) is 0 Å². The molecule has 0 N–H and O–H groups in total. The lowest BCUT2D eigenvalue weighted by molar-refractivity contribution is 0.104. The molecule has 0 unspecified atom stereocenters. The minimum atomic E-state index is -0.119. The smallest absolute Gasteiger partial charge is 0.185 e. The van der Waals surface area contributed by atoms with Gasteiger partial charge in [-0.1, -0.05) is 24.3 Å². The van der Waals surface area contributed by atoms with Gasteiger partial charge in [-0.3, -0.25) is 4.79 Å². The molecule has 4 rings (SSSR count). The van der Waals surface area contributed by atoms with Crippen molar-refractivity contribution in [2.24, 2.45) is 0 Å². The molecule has 3 aromatic carbocycles. The molecular weight excluding hydrogens is 420 g/mol. The average Bonchev–Trinajstić information content (AvgIpc) is 2.86. The highest BCUT2D eigenvalue weighted by molar-refractivity contribution is 6.07. The van der Waals surface area contributed by atoms with Crippen molar-refractivity contribution in [2.45, 2.75) is 13.5 Å². The van der Waals surface area contributed by atoms with E-state index >= 15 is 0 Å². The summed E-state index contributed by atoms with van der Waals surface area (Å²) in [7, 11) is 1.62. The molecule has 0 fully saturated rings. The standard InChI is InChI=1S/C27H26O6/c1-3-30-24-6-4-5-7-25(24)33-18-21-16-19(9-12-23(21)29-2)8-11-22(28)20-10-13-26-27(17-20)32-15-14-31-26/h4-13,16-17H,3,14-15,18H2,1-2H3/b11-8+. The van der Waals surface area contributed by atoms with Gasteiger partial charge in [0.1, 0.15) is 25.6 Å². The monoisotopic (exact) mass is 446 g/mol. The van der Waals surface area contributed by atoms with Gasteiger partial charge >= 0.3 is 0 Å². The van der Waals surface area contributed by atoms with E-state index < -0.39 is 0 Å². The molecule has 0 saturated heterocycles. The second-order valence-electron chi connectivity index (χ2n) is 7.30. The fourth-order valence-electron chi connectivity index (χ4n) is 3.48. The highest BCUT2D eigenvalue weighted by Gasteiger charge is 2.14. The van der Waals surface area contributed by atoms with Crippen LogP contribution >= 0.6 is 0 Å². The van der Waals surface area contributed by atoms with Crippen LogP contribution in [-0.4, -0.2) is 32.7 Å². The first-order valence-electron chi connectivity index (χ1n) is 10.8. The number of ketones is 1. The van der Waals surface area contributed by atoms with Crippen LogP contribution < -0.4 is 23.7 Å². The third kappa shape index (κ3) is 5.47. The number of allylic oxidation sites excluding steroid dienone is 1. The number of methoxy groups -OCH3 is 1. The van der Waals surface area contributed by atoms with E-state index in [1.54, 1.807) is 37.5 Å². The largest absolute Gasteiger partial charge is 0.496 e. The van der Waals surface area contributed by atoms with Crippen LogP contribution in [0.2, 0.25) is 0 Å². The lowest BCUT2D eigenvalue weighted by Crippen LogP contribution is -2.15. The Kier molecular flexibility index (Phi) is 7.15. The van der Waals surface area contributed by atoms with Crippen molar-refractivity contribution in [3.05, 3.63) is 83.4 Å². The molecule has 0 amide bonds. The summed E-state index contributed by atoms with van der Waals surface area (Å²) in [4.78, 5) is 12.7. The summed E-state index contributed by atoms with van der Waals surface area (Å²) in [6.07, 6.45) is 3.32. The molecule has 6 nitrogen and oxygen atoms in total. The van der Waals surface area contributed by atoms with E-state index in [1.807, 2.05) is 49.4 Å². The third-order valence-electron chi connectivity index (χ3n) is 5.09. The van der Waals surface area contributed by atoms with Crippen LogP contribution in [0.5, 0.6) is 28.7 Å². The number of hydrogen-bond donors (Lipinski definition) is 0. The summed E-state index contributed by atoms with van der Waals surface area (Å²) in [5, 5.41) is 0. The number of hydrogen-bond acceptors (Lipinski definition) is 6. The summed E-state index contributed by atoms with van der Waals surface area (Å²) < 4.78 is 28.2. The fourth-order valence-corrected chi connectivity index (χ4v) is 3.48. The number of carbonyl (C=O) groups is 1. The Morgan fingerprint density at radius 2 is 1.67 bits per heavy atom. The van der Waals surface area contributed by atoms with Gasteiger partial charge in [0.05, 0.1) is 13.7 Å². The van der Waals surface area contributed by atoms with Crippen molar-refractivity contribution < 1.29 is 28.5 Å². The van der Waals surface area contributed by atoms with E-state index in [0.717, 1.165) is 11.1 Å². The molecule has 3 aromatic rings. The van der Waals surface area contributed by atoms with E-state index in [1.165, 1.54) is 0 Å². The van der Waals surface area contributed by atoms with Gasteiger partial charge < -0.3 is 23.7 Å². The second kappa shape index (κ2) is 10.6. The zero-order valence-electron chi connectivity index (χ0n) is 18.7. The van der Waals surface area contributed by atoms with Crippen molar-refractivity contribution >= 4 is 11.9 Å². The molecular formula is C27H26O6. The van der Waals surface area contributed by atoms with Crippen LogP contribution in [0.3, 0.4) is 0 Å². The van der Waals surface area contributed by atoms with Crippen LogP contribution in [0.1, 0.15) is 28.4 Å². The normalized spacial score (nSPS) is 12.4. The summed E-state index contributed by atoms with van der Waals surface area (Å²) >= 11 is 0. The molecule has 1 aliphatic rings. The Morgan fingerprint density at radius 1 is 0.909 bits per heavy atom. The van der Waals surface area contributed by atoms with Gasteiger partial charge in [-0.05, 0) is 61.0 Å². The van der Waals surface area contributed by atoms with Gasteiger partial charge in [0.15, 0.2) is 28.8 Å². The van der Waals surface area contributed by atoms with E-state index in [-0.39, 0.29) is 5.78 Å². The third-order valence-corrected chi connectivity index (χ3v) is 5.09. The Hall–Kier alpha value is -3.93. The molecule has 0 aromatic heterocycles. The summed E-state index contributed by atoms with van der Waals surface area (Å²) in [6.45, 7) is 3.78. The van der Waals surface area contributed by atoms with Crippen LogP contribution in [0.15, 0.2) is 66.7 Å². The Bertz CT molecular complexity index is 1150. The quantitative estimate of drug-likeness (QED) is 0.327. The molecule has 6 heteroatoms. The van der Waals surface area contributed by atoms with Gasteiger partial charge in [0, 0.05) is 11.1 Å². The molecule has 0 spiro atoms.